The Morgan fingerprint density at radius 3 is 2.72 bits per heavy atom. The largest absolute Gasteiger partial charge is 0.310 e. The van der Waals surface area contributed by atoms with E-state index in [0.717, 1.165) is 17.4 Å². The Kier molecular flexibility index (Phi) is 4.84. The Bertz CT molecular complexity index is 487. The van der Waals surface area contributed by atoms with Gasteiger partial charge in [0.25, 0.3) is 0 Å². The van der Waals surface area contributed by atoms with Gasteiger partial charge in [0.15, 0.2) is 0 Å². The standard InChI is InChI=1S/C14H16BrN3/c1-2-16-14(12-7-8-17-18-10-12)9-11-5-3-4-6-13(11)15/h3-8,10,14,16H,2,9H2,1H3. The highest BCUT2D eigenvalue weighted by atomic mass is 79.9. The van der Waals surface area contributed by atoms with Crippen molar-refractivity contribution in [1.82, 2.24) is 15.5 Å². The fourth-order valence-electron chi connectivity index (χ4n) is 1.95. The molecular weight excluding hydrogens is 290 g/mol. The molecule has 0 saturated carbocycles. The second-order valence-electron chi connectivity index (χ2n) is 4.08. The summed E-state index contributed by atoms with van der Waals surface area (Å²) in [6.45, 7) is 3.04. The minimum Gasteiger partial charge on any atom is -0.310 e. The molecule has 0 fully saturated rings. The van der Waals surface area contributed by atoms with Crippen LogP contribution in [0.1, 0.15) is 24.1 Å². The maximum Gasteiger partial charge on any atom is 0.0544 e. The van der Waals surface area contributed by atoms with E-state index < -0.39 is 0 Å². The third-order valence-corrected chi connectivity index (χ3v) is 3.62. The summed E-state index contributed by atoms with van der Waals surface area (Å²) in [5.74, 6) is 0. The third kappa shape index (κ3) is 3.37. The van der Waals surface area contributed by atoms with Crippen LogP contribution in [0, 0.1) is 0 Å². The topological polar surface area (TPSA) is 37.8 Å². The molecule has 0 aliphatic heterocycles. The SMILES string of the molecule is CCNC(Cc1ccccc1Br)c1ccnnc1. The van der Waals surface area contributed by atoms with E-state index in [9.17, 15) is 0 Å². The molecule has 0 aliphatic carbocycles. The fraction of sp³-hybridized carbons (Fsp3) is 0.286. The van der Waals surface area contributed by atoms with Crippen molar-refractivity contribution in [2.24, 2.45) is 0 Å². The molecule has 1 aromatic carbocycles. The number of hydrogen-bond acceptors (Lipinski definition) is 3. The quantitative estimate of drug-likeness (QED) is 0.922. The second-order valence-corrected chi connectivity index (χ2v) is 4.94. The number of nitrogens with one attached hydrogen (secondary N) is 1. The summed E-state index contributed by atoms with van der Waals surface area (Å²) >= 11 is 3.59. The molecule has 1 N–H and O–H groups in total. The minimum atomic E-state index is 0.268. The molecule has 4 heteroatoms. The highest BCUT2D eigenvalue weighted by molar-refractivity contribution is 9.10. The average Bonchev–Trinajstić information content (AvgIpc) is 2.42. The van der Waals surface area contributed by atoms with Gasteiger partial charge in [0, 0.05) is 16.7 Å². The highest BCUT2D eigenvalue weighted by Crippen LogP contribution is 2.23. The van der Waals surface area contributed by atoms with E-state index in [2.05, 4.69) is 56.6 Å². The summed E-state index contributed by atoms with van der Waals surface area (Å²) in [5, 5.41) is 11.3. The van der Waals surface area contributed by atoms with Crippen molar-refractivity contribution < 1.29 is 0 Å². The molecule has 2 aromatic rings. The first-order valence-electron chi connectivity index (χ1n) is 6.04. The van der Waals surface area contributed by atoms with E-state index in [1.165, 1.54) is 11.1 Å². The van der Waals surface area contributed by atoms with Gasteiger partial charge in [0.2, 0.25) is 0 Å². The molecule has 18 heavy (non-hydrogen) atoms. The van der Waals surface area contributed by atoms with Crippen molar-refractivity contribution in [2.45, 2.75) is 19.4 Å². The van der Waals surface area contributed by atoms with Crippen LogP contribution in [-0.2, 0) is 6.42 Å². The van der Waals surface area contributed by atoms with E-state index in [0.29, 0.717) is 0 Å². The monoisotopic (exact) mass is 305 g/mol. The molecule has 0 saturated heterocycles. The second kappa shape index (κ2) is 6.61. The van der Waals surface area contributed by atoms with Gasteiger partial charge in [0.05, 0.1) is 6.20 Å². The lowest BCUT2D eigenvalue weighted by Gasteiger charge is -2.18. The van der Waals surface area contributed by atoms with E-state index in [1.54, 1.807) is 6.20 Å². The average molecular weight is 306 g/mol. The molecule has 0 bridgehead atoms. The number of hydrogen-bond donors (Lipinski definition) is 1. The van der Waals surface area contributed by atoms with Crippen LogP contribution in [0.2, 0.25) is 0 Å². The predicted molar refractivity (Wildman–Crippen MR) is 76.3 cm³/mol. The molecular formula is C14H16BrN3. The zero-order valence-corrected chi connectivity index (χ0v) is 11.9. The maximum atomic E-state index is 3.95. The summed E-state index contributed by atoms with van der Waals surface area (Å²) < 4.78 is 1.15. The molecule has 0 aliphatic rings. The Balaban J connectivity index is 2.19. The van der Waals surface area contributed by atoms with Crippen LogP contribution in [0.4, 0.5) is 0 Å². The molecule has 1 atom stereocenters. The number of nitrogens with zero attached hydrogens (tertiary/aromatic N) is 2. The van der Waals surface area contributed by atoms with Gasteiger partial charge in [-0.3, -0.25) is 0 Å². The molecule has 94 valence electrons. The van der Waals surface area contributed by atoms with Crippen molar-refractivity contribution >= 4 is 15.9 Å². The summed E-state index contributed by atoms with van der Waals surface area (Å²) in [4.78, 5) is 0. The van der Waals surface area contributed by atoms with Crippen LogP contribution in [0.5, 0.6) is 0 Å². The first-order chi connectivity index (χ1) is 8.81. The predicted octanol–water partition coefficient (Wildman–Crippen LogP) is 3.13. The van der Waals surface area contributed by atoms with Gasteiger partial charge < -0.3 is 5.32 Å². The number of halogens is 1. The van der Waals surface area contributed by atoms with Gasteiger partial charge in [0.1, 0.15) is 0 Å². The molecule has 1 unspecified atom stereocenters. The zero-order valence-electron chi connectivity index (χ0n) is 10.3. The van der Waals surface area contributed by atoms with Crippen LogP contribution >= 0.6 is 15.9 Å². The summed E-state index contributed by atoms with van der Waals surface area (Å²) in [6.07, 6.45) is 4.49. The zero-order chi connectivity index (χ0) is 12.8. The van der Waals surface area contributed by atoms with E-state index in [-0.39, 0.29) is 6.04 Å². The lowest BCUT2D eigenvalue weighted by molar-refractivity contribution is 0.546. The van der Waals surface area contributed by atoms with Crippen LogP contribution < -0.4 is 5.32 Å². The molecule has 1 aromatic heterocycles. The van der Waals surface area contributed by atoms with Crippen LogP contribution in [0.15, 0.2) is 47.2 Å². The molecule has 0 spiro atoms. The van der Waals surface area contributed by atoms with Gasteiger partial charge in [-0.25, -0.2) is 0 Å². The lowest BCUT2D eigenvalue weighted by Crippen LogP contribution is -2.23. The van der Waals surface area contributed by atoms with E-state index in [4.69, 9.17) is 0 Å². The first-order valence-corrected chi connectivity index (χ1v) is 6.84. The smallest absolute Gasteiger partial charge is 0.0544 e. The summed E-state index contributed by atoms with van der Waals surface area (Å²) in [5.41, 5.74) is 2.46. The molecule has 2 rings (SSSR count). The van der Waals surface area contributed by atoms with Gasteiger partial charge in [-0.15, -0.1) is 0 Å². The Morgan fingerprint density at radius 2 is 2.06 bits per heavy atom. The number of likely N-dealkylation sites (N-methyl/N-ethyl adjacent to an activating group) is 1. The van der Waals surface area contributed by atoms with Gasteiger partial charge in [-0.05, 0) is 36.2 Å². The normalized spacial score (nSPS) is 12.3. The van der Waals surface area contributed by atoms with Crippen molar-refractivity contribution in [3.8, 4) is 0 Å². The van der Waals surface area contributed by atoms with E-state index >= 15 is 0 Å². The summed E-state index contributed by atoms with van der Waals surface area (Å²) in [7, 11) is 0. The van der Waals surface area contributed by atoms with Crippen molar-refractivity contribution in [1.29, 1.82) is 0 Å². The first kappa shape index (κ1) is 13.2. The molecule has 3 nitrogen and oxygen atoms in total. The van der Waals surface area contributed by atoms with Gasteiger partial charge in [-0.1, -0.05) is 41.1 Å². The van der Waals surface area contributed by atoms with Gasteiger partial charge >= 0.3 is 0 Å². The van der Waals surface area contributed by atoms with Gasteiger partial charge in [-0.2, -0.15) is 10.2 Å². The van der Waals surface area contributed by atoms with Crippen LogP contribution in [0.3, 0.4) is 0 Å². The molecule has 0 amide bonds. The van der Waals surface area contributed by atoms with E-state index in [1.807, 2.05) is 18.3 Å². The third-order valence-electron chi connectivity index (χ3n) is 2.84. The van der Waals surface area contributed by atoms with Crippen LogP contribution in [-0.4, -0.2) is 16.7 Å². The molecule has 1 heterocycles. The fourth-order valence-corrected chi connectivity index (χ4v) is 2.39. The van der Waals surface area contributed by atoms with Crippen molar-refractivity contribution in [3.63, 3.8) is 0 Å². The van der Waals surface area contributed by atoms with Crippen molar-refractivity contribution in [2.75, 3.05) is 6.54 Å². The van der Waals surface area contributed by atoms with Crippen LogP contribution in [0.25, 0.3) is 0 Å². The Morgan fingerprint density at radius 1 is 1.22 bits per heavy atom. The minimum absolute atomic E-state index is 0.268. The lowest BCUT2D eigenvalue weighted by atomic mass is 10.0. The Labute approximate surface area is 116 Å². The summed E-state index contributed by atoms with van der Waals surface area (Å²) in [6, 6.07) is 10.6. The Hall–Kier alpha value is -1.26. The maximum absolute atomic E-state index is 3.95. The highest BCUT2D eigenvalue weighted by Gasteiger charge is 2.12. The number of benzene rings is 1. The molecule has 0 radical (unpaired) electrons. The number of rotatable bonds is 5. The number of aromatic nitrogens is 2. The van der Waals surface area contributed by atoms with Crippen molar-refractivity contribution in [3.05, 3.63) is 58.3 Å².